The van der Waals surface area contributed by atoms with Crippen LogP contribution in [0, 0.1) is 13.8 Å². The fourth-order valence-corrected chi connectivity index (χ4v) is 3.24. The lowest BCUT2D eigenvalue weighted by Crippen LogP contribution is -2.35. The maximum absolute atomic E-state index is 8.36. The molecule has 1 aromatic carbocycles. The Balaban J connectivity index is 0.000000659. The van der Waals surface area contributed by atoms with Gasteiger partial charge >= 0.3 is 0 Å². The minimum atomic E-state index is -0.250. The molecule has 27 heavy (non-hydrogen) atoms. The number of benzene rings is 1. The summed E-state index contributed by atoms with van der Waals surface area (Å²) in [4.78, 5) is 15.6. The largest absolute Gasteiger partial charge is 0.483 e. The summed E-state index contributed by atoms with van der Waals surface area (Å²) in [6.45, 7) is 8.55. The van der Waals surface area contributed by atoms with Gasteiger partial charge in [-0.15, -0.1) is 0 Å². The van der Waals surface area contributed by atoms with Crippen LogP contribution in [0.3, 0.4) is 0 Å². The van der Waals surface area contributed by atoms with Crippen molar-refractivity contribution in [2.75, 3.05) is 26.3 Å². The van der Waals surface area contributed by atoms with Gasteiger partial charge in [-0.2, -0.15) is 5.10 Å². The van der Waals surface area contributed by atoms with Crippen molar-refractivity contribution in [1.29, 1.82) is 0 Å². The number of nitrogens with one attached hydrogen (secondary N) is 1. The molecule has 0 bridgehead atoms. The highest BCUT2D eigenvalue weighted by Crippen LogP contribution is 2.25. The zero-order chi connectivity index (χ0) is 19.2. The van der Waals surface area contributed by atoms with Crippen LogP contribution in [0.5, 0.6) is 0 Å². The molecule has 3 heterocycles. The second kappa shape index (κ2) is 8.75. The van der Waals surface area contributed by atoms with E-state index < -0.39 is 0 Å². The van der Waals surface area contributed by atoms with Gasteiger partial charge in [0, 0.05) is 30.7 Å². The molecule has 0 radical (unpaired) electrons. The number of rotatable bonds is 3. The van der Waals surface area contributed by atoms with E-state index in [1.54, 1.807) is 0 Å². The molecule has 2 aromatic heterocycles. The summed E-state index contributed by atoms with van der Waals surface area (Å²) in [6.07, 6.45) is 0. The van der Waals surface area contributed by atoms with E-state index in [1.165, 1.54) is 16.5 Å². The van der Waals surface area contributed by atoms with Crippen molar-refractivity contribution in [3.63, 3.8) is 0 Å². The molecule has 1 fully saturated rings. The Morgan fingerprint density at radius 3 is 2.59 bits per heavy atom. The van der Waals surface area contributed by atoms with Crippen molar-refractivity contribution in [3.8, 4) is 11.4 Å². The van der Waals surface area contributed by atoms with Crippen LogP contribution < -0.4 is 0 Å². The number of carbonyl (C=O) groups is 1. The molecule has 142 valence electrons. The molecule has 1 aliphatic rings. The van der Waals surface area contributed by atoms with Crippen LogP contribution in [-0.4, -0.2) is 58.0 Å². The van der Waals surface area contributed by atoms with Crippen molar-refractivity contribution in [3.05, 3.63) is 47.2 Å². The average Bonchev–Trinajstić information content (AvgIpc) is 3.10. The quantitative estimate of drug-likeness (QED) is 0.691. The van der Waals surface area contributed by atoms with Crippen molar-refractivity contribution in [1.82, 2.24) is 20.1 Å². The number of aromatic nitrogens is 3. The first kappa shape index (κ1) is 19.0. The highest BCUT2D eigenvalue weighted by molar-refractivity contribution is 5.85. The third-order valence-electron chi connectivity index (χ3n) is 4.56. The third-order valence-corrected chi connectivity index (χ3v) is 4.56. The van der Waals surface area contributed by atoms with Crippen LogP contribution in [0.2, 0.25) is 0 Å². The summed E-state index contributed by atoms with van der Waals surface area (Å²) >= 11 is 0. The number of pyridine rings is 1. The molecule has 0 unspecified atom stereocenters. The number of carboxylic acid groups (broad SMARTS) is 1. The van der Waals surface area contributed by atoms with E-state index >= 15 is 0 Å². The highest BCUT2D eigenvalue weighted by Gasteiger charge is 2.12. The third kappa shape index (κ3) is 4.69. The molecule has 7 nitrogen and oxygen atoms in total. The van der Waals surface area contributed by atoms with E-state index in [9.17, 15) is 0 Å². The van der Waals surface area contributed by atoms with Crippen molar-refractivity contribution in [2.45, 2.75) is 20.4 Å². The molecule has 0 saturated carbocycles. The number of nitrogens with zero attached hydrogens (tertiary/aromatic N) is 3. The summed E-state index contributed by atoms with van der Waals surface area (Å²) < 4.78 is 5.42. The lowest BCUT2D eigenvalue weighted by atomic mass is 10.0. The van der Waals surface area contributed by atoms with Crippen LogP contribution >= 0.6 is 0 Å². The molecule has 0 amide bonds. The molecule has 0 spiro atoms. The molecule has 0 aliphatic carbocycles. The zero-order valence-electron chi connectivity index (χ0n) is 15.6. The van der Waals surface area contributed by atoms with E-state index in [0.29, 0.717) is 0 Å². The molecular weight excluding hydrogens is 344 g/mol. The Labute approximate surface area is 158 Å². The van der Waals surface area contributed by atoms with Crippen LogP contribution in [0.15, 0.2) is 30.3 Å². The standard InChI is InChI=1S/C19H22N4O.CH2O2/c1-13-9-18(19-10-14(2)21-22-19)20-17-4-3-15(11-16(13)17)12-23-5-7-24-8-6-23;2-1-3/h3-4,9-11H,5-8,12H2,1-2H3,(H,21,22);1H,(H,2,3). The molecule has 3 aromatic rings. The number of hydrogen-bond donors (Lipinski definition) is 2. The lowest BCUT2D eigenvalue weighted by molar-refractivity contribution is -0.122. The summed E-state index contributed by atoms with van der Waals surface area (Å²) in [5.41, 5.74) is 6.46. The zero-order valence-corrected chi connectivity index (χ0v) is 15.6. The second-order valence-electron chi connectivity index (χ2n) is 6.61. The summed E-state index contributed by atoms with van der Waals surface area (Å²) in [6, 6.07) is 10.7. The normalized spacial score (nSPS) is 14.6. The van der Waals surface area contributed by atoms with Crippen LogP contribution in [0.4, 0.5) is 0 Å². The van der Waals surface area contributed by atoms with Gasteiger partial charge in [-0.25, -0.2) is 4.98 Å². The molecule has 2 N–H and O–H groups in total. The van der Waals surface area contributed by atoms with Crippen molar-refractivity contribution in [2.24, 2.45) is 0 Å². The van der Waals surface area contributed by atoms with Crippen molar-refractivity contribution < 1.29 is 14.6 Å². The molecule has 4 rings (SSSR count). The van der Waals surface area contributed by atoms with Gasteiger partial charge in [-0.05, 0) is 49.2 Å². The van der Waals surface area contributed by atoms with Crippen molar-refractivity contribution >= 4 is 17.4 Å². The smallest absolute Gasteiger partial charge is 0.290 e. The Bertz CT molecular complexity index is 917. The van der Waals surface area contributed by atoms with Gasteiger partial charge in [0.2, 0.25) is 0 Å². The predicted octanol–water partition coefficient (Wildman–Crippen LogP) is 2.77. The second-order valence-corrected chi connectivity index (χ2v) is 6.61. The summed E-state index contributed by atoms with van der Waals surface area (Å²) in [7, 11) is 0. The minimum Gasteiger partial charge on any atom is -0.483 e. The van der Waals surface area contributed by atoms with E-state index in [0.717, 1.165) is 55.4 Å². The van der Waals surface area contributed by atoms with Crippen LogP contribution in [-0.2, 0) is 16.1 Å². The molecular formula is C20H24N4O3. The number of hydrogen-bond acceptors (Lipinski definition) is 5. The number of ether oxygens (including phenoxy) is 1. The van der Waals surface area contributed by atoms with Gasteiger partial charge in [-0.1, -0.05) is 6.07 Å². The first-order valence-corrected chi connectivity index (χ1v) is 8.91. The van der Waals surface area contributed by atoms with Gasteiger partial charge < -0.3 is 9.84 Å². The lowest BCUT2D eigenvalue weighted by Gasteiger charge is -2.26. The summed E-state index contributed by atoms with van der Waals surface area (Å²) in [5.74, 6) is 0. The van der Waals surface area contributed by atoms with E-state index in [-0.39, 0.29) is 6.47 Å². The van der Waals surface area contributed by atoms with Gasteiger partial charge in [0.15, 0.2) is 0 Å². The van der Waals surface area contributed by atoms with Gasteiger partial charge in [0.05, 0.1) is 24.4 Å². The first-order chi connectivity index (χ1) is 13.1. The van der Waals surface area contributed by atoms with E-state index in [1.807, 2.05) is 13.0 Å². The fraction of sp³-hybridized carbons (Fsp3) is 0.350. The monoisotopic (exact) mass is 368 g/mol. The maximum Gasteiger partial charge on any atom is 0.290 e. The van der Waals surface area contributed by atoms with Gasteiger partial charge in [0.25, 0.3) is 6.47 Å². The predicted molar refractivity (Wildman–Crippen MR) is 104 cm³/mol. The van der Waals surface area contributed by atoms with Crippen LogP contribution in [0.25, 0.3) is 22.3 Å². The van der Waals surface area contributed by atoms with E-state index in [4.69, 9.17) is 19.6 Å². The number of aryl methyl sites for hydroxylation is 2. The number of H-pyrrole nitrogens is 1. The summed E-state index contributed by atoms with van der Waals surface area (Å²) in [5, 5.41) is 15.4. The Morgan fingerprint density at radius 1 is 1.19 bits per heavy atom. The molecule has 0 atom stereocenters. The molecule has 1 saturated heterocycles. The SMILES string of the molecule is Cc1cc(-c2cc(C)c3cc(CN4CCOCC4)ccc3n2)n[nH]1.O=CO. The maximum atomic E-state index is 8.36. The number of morpholine rings is 1. The minimum absolute atomic E-state index is 0.250. The Morgan fingerprint density at radius 2 is 1.93 bits per heavy atom. The topological polar surface area (TPSA) is 91.3 Å². The van der Waals surface area contributed by atoms with Gasteiger partial charge in [0.1, 0.15) is 5.69 Å². The number of fused-ring (bicyclic) bond motifs is 1. The van der Waals surface area contributed by atoms with Gasteiger partial charge in [-0.3, -0.25) is 14.8 Å². The molecule has 7 heteroatoms. The van der Waals surface area contributed by atoms with E-state index in [2.05, 4.69) is 46.3 Å². The van der Waals surface area contributed by atoms with Crippen LogP contribution in [0.1, 0.15) is 16.8 Å². The Hall–Kier alpha value is -2.77. The first-order valence-electron chi connectivity index (χ1n) is 8.91. The number of aromatic amines is 1. The fourth-order valence-electron chi connectivity index (χ4n) is 3.24. The Kier molecular flexibility index (Phi) is 6.16. The highest BCUT2D eigenvalue weighted by atomic mass is 16.5. The molecule has 1 aliphatic heterocycles. The average molecular weight is 368 g/mol.